The average Bonchev–Trinajstić information content (AvgIpc) is 2.50. The summed E-state index contributed by atoms with van der Waals surface area (Å²) < 4.78 is 0. The fourth-order valence-corrected chi connectivity index (χ4v) is 3.65. The standard InChI is InChI=1S/C19H27N/c1-3-5-16-6-8-17(9-7-16)18-10-13-19(15-20,12-4-2)14-11-18/h6-9,18H,3-5,10-14H2,1-2H3/t18-,19-. The van der Waals surface area contributed by atoms with E-state index in [-0.39, 0.29) is 5.41 Å². The lowest BCUT2D eigenvalue weighted by Crippen LogP contribution is -2.25. The first-order chi connectivity index (χ1) is 9.73. The second kappa shape index (κ2) is 6.93. The predicted octanol–water partition coefficient (Wildman–Crippen LogP) is 5.61. The molecule has 1 heteroatoms. The molecule has 0 bridgehead atoms. The van der Waals surface area contributed by atoms with Gasteiger partial charge in [-0.25, -0.2) is 0 Å². The van der Waals surface area contributed by atoms with E-state index in [1.165, 1.54) is 36.8 Å². The molecule has 1 nitrogen and oxygen atoms in total. The second-order valence-corrected chi connectivity index (χ2v) is 6.41. The number of hydrogen-bond acceptors (Lipinski definition) is 1. The van der Waals surface area contributed by atoms with Gasteiger partial charge in [0.25, 0.3) is 0 Å². The Hall–Kier alpha value is -1.29. The normalized spacial score (nSPS) is 26.1. The SMILES string of the molecule is CCCc1ccc([C@H]2CC[C@@](C#N)(CCC)CC2)cc1. The van der Waals surface area contributed by atoms with Crippen molar-refractivity contribution < 1.29 is 0 Å². The molecule has 20 heavy (non-hydrogen) atoms. The third kappa shape index (κ3) is 3.42. The maximum absolute atomic E-state index is 9.47. The predicted molar refractivity (Wildman–Crippen MR) is 84.6 cm³/mol. The van der Waals surface area contributed by atoms with Crippen LogP contribution in [0.4, 0.5) is 0 Å². The Bertz CT molecular complexity index is 444. The number of nitrogens with zero attached hydrogens (tertiary/aromatic N) is 1. The van der Waals surface area contributed by atoms with E-state index >= 15 is 0 Å². The van der Waals surface area contributed by atoms with Crippen LogP contribution in [0.1, 0.15) is 75.8 Å². The van der Waals surface area contributed by atoms with Gasteiger partial charge in [0.15, 0.2) is 0 Å². The van der Waals surface area contributed by atoms with Crippen LogP contribution in [0, 0.1) is 16.7 Å². The lowest BCUT2D eigenvalue weighted by atomic mass is 9.68. The summed E-state index contributed by atoms with van der Waals surface area (Å²) in [6.45, 7) is 4.42. The van der Waals surface area contributed by atoms with E-state index < -0.39 is 0 Å². The third-order valence-corrected chi connectivity index (χ3v) is 4.90. The van der Waals surface area contributed by atoms with Crippen LogP contribution in [0.5, 0.6) is 0 Å². The van der Waals surface area contributed by atoms with Gasteiger partial charge < -0.3 is 0 Å². The topological polar surface area (TPSA) is 23.8 Å². The van der Waals surface area contributed by atoms with E-state index in [0.717, 1.165) is 25.7 Å². The van der Waals surface area contributed by atoms with E-state index in [0.29, 0.717) is 5.92 Å². The summed E-state index contributed by atoms with van der Waals surface area (Å²) in [7, 11) is 0. The number of rotatable bonds is 5. The molecular formula is C19H27N. The Balaban J connectivity index is 1.98. The lowest BCUT2D eigenvalue weighted by molar-refractivity contribution is 0.228. The van der Waals surface area contributed by atoms with Crippen molar-refractivity contribution in [1.29, 1.82) is 5.26 Å². The number of nitriles is 1. The fourth-order valence-electron chi connectivity index (χ4n) is 3.65. The molecule has 0 atom stereocenters. The van der Waals surface area contributed by atoms with Gasteiger partial charge in [-0.05, 0) is 55.6 Å². The van der Waals surface area contributed by atoms with E-state index in [1.807, 2.05) is 0 Å². The van der Waals surface area contributed by atoms with Crippen LogP contribution in [-0.4, -0.2) is 0 Å². The van der Waals surface area contributed by atoms with Gasteiger partial charge in [0.2, 0.25) is 0 Å². The maximum atomic E-state index is 9.47. The summed E-state index contributed by atoms with van der Waals surface area (Å²) in [6.07, 6.45) is 9.12. The number of aryl methyl sites for hydroxylation is 1. The summed E-state index contributed by atoms with van der Waals surface area (Å²) in [5.74, 6) is 0.670. The molecule has 0 aliphatic heterocycles. The summed E-state index contributed by atoms with van der Waals surface area (Å²) in [5, 5.41) is 9.47. The van der Waals surface area contributed by atoms with E-state index in [1.54, 1.807) is 0 Å². The Morgan fingerprint density at radius 2 is 1.75 bits per heavy atom. The van der Waals surface area contributed by atoms with E-state index in [2.05, 4.69) is 44.2 Å². The van der Waals surface area contributed by atoms with Crippen LogP contribution in [0.2, 0.25) is 0 Å². The zero-order chi connectivity index (χ0) is 14.4. The first kappa shape index (κ1) is 15.1. The molecule has 0 amide bonds. The Morgan fingerprint density at radius 1 is 1.10 bits per heavy atom. The van der Waals surface area contributed by atoms with Crippen molar-refractivity contribution in [2.24, 2.45) is 5.41 Å². The molecule has 0 spiro atoms. The van der Waals surface area contributed by atoms with Crippen molar-refractivity contribution in [1.82, 2.24) is 0 Å². The lowest BCUT2D eigenvalue weighted by Gasteiger charge is -2.35. The summed E-state index contributed by atoms with van der Waals surface area (Å²) in [6, 6.07) is 11.8. The van der Waals surface area contributed by atoms with Gasteiger partial charge in [-0.15, -0.1) is 0 Å². The van der Waals surface area contributed by atoms with Crippen molar-refractivity contribution in [3.8, 4) is 6.07 Å². The largest absolute Gasteiger partial charge is 0.198 e. The Kier molecular flexibility index (Phi) is 5.24. The smallest absolute Gasteiger partial charge is 0.0689 e. The molecule has 1 saturated carbocycles. The highest BCUT2D eigenvalue weighted by atomic mass is 14.4. The van der Waals surface area contributed by atoms with Gasteiger partial charge in [0.1, 0.15) is 0 Å². The fraction of sp³-hybridized carbons (Fsp3) is 0.632. The summed E-state index contributed by atoms with van der Waals surface area (Å²) in [4.78, 5) is 0. The van der Waals surface area contributed by atoms with Gasteiger partial charge in [0.05, 0.1) is 11.5 Å². The molecule has 0 unspecified atom stereocenters. The molecule has 108 valence electrons. The van der Waals surface area contributed by atoms with Crippen LogP contribution in [0.3, 0.4) is 0 Å². The zero-order valence-corrected chi connectivity index (χ0v) is 13.0. The molecule has 1 aliphatic rings. The van der Waals surface area contributed by atoms with Crippen LogP contribution in [-0.2, 0) is 6.42 Å². The highest BCUT2D eigenvalue weighted by Gasteiger charge is 2.34. The second-order valence-electron chi connectivity index (χ2n) is 6.41. The van der Waals surface area contributed by atoms with Crippen molar-refractivity contribution in [3.63, 3.8) is 0 Å². The highest BCUT2D eigenvalue weighted by Crippen LogP contribution is 2.45. The minimum atomic E-state index is -0.0204. The molecule has 1 fully saturated rings. The van der Waals surface area contributed by atoms with Gasteiger partial charge in [-0.2, -0.15) is 5.26 Å². The average molecular weight is 269 g/mol. The minimum Gasteiger partial charge on any atom is -0.198 e. The van der Waals surface area contributed by atoms with Gasteiger partial charge in [0, 0.05) is 0 Å². The van der Waals surface area contributed by atoms with E-state index in [9.17, 15) is 5.26 Å². The van der Waals surface area contributed by atoms with Crippen LogP contribution in [0.25, 0.3) is 0 Å². The molecule has 2 rings (SSSR count). The molecule has 1 aliphatic carbocycles. The first-order valence-electron chi connectivity index (χ1n) is 8.23. The van der Waals surface area contributed by atoms with Crippen LogP contribution >= 0.6 is 0 Å². The monoisotopic (exact) mass is 269 g/mol. The first-order valence-corrected chi connectivity index (χ1v) is 8.23. The molecule has 1 aromatic rings. The van der Waals surface area contributed by atoms with E-state index in [4.69, 9.17) is 0 Å². The maximum Gasteiger partial charge on any atom is 0.0689 e. The third-order valence-electron chi connectivity index (χ3n) is 4.90. The van der Waals surface area contributed by atoms with Crippen molar-refractivity contribution in [2.75, 3.05) is 0 Å². The Labute approximate surface area is 124 Å². The molecule has 1 aromatic carbocycles. The van der Waals surface area contributed by atoms with Crippen molar-refractivity contribution in [2.45, 2.75) is 71.1 Å². The zero-order valence-electron chi connectivity index (χ0n) is 13.0. The van der Waals surface area contributed by atoms with Gasteiger partial charge >= 0.3 is 0 Å². The van der Waals surface area contributed by atoms with Gasteiger partial charge in [-0.3, -0.25) is 0 Å². The van der Waals surface area contributed by atoms with Crippen LogP contribution in [0.15, 0.2) is 24.3 Å². The quantitative estimate of drug-likeness (QED) is 0.682. The van der Waals surface area contributed by atoms with Crippen molar-refractivity contribution in [3.05, 3.63) is 35.4 Å². The molecular weight excluding hydrogens is 242 g/mol. The minimum absolute atomic E-state index is 0.0204. The van der Waals surface area contributed by atoms with Crippen LogP contribution < -0.4 is 0 Å². The van der Waals surface area contributed by atoms with Crippen molar-refractivity contribution >= 4 is 0 Å². The molecule has 0 heterocycles. The molecule has 0 N–H and O–H groups in total. The number of benzene rings is 1. The molecule has 0 saturated heterocycles. The summed E-state index contributed by atoms with van der Waals surface area (Å²) in [5.41, 5.74) is 2.91. The summed E-state index contributed by atoms with van der Waals surface area (Å²) >= 11 is 0. The molecule has 0 aromatic heterocycles. The Morgan fingerprint density at radius 3 is 2.25 bits per heavy atom. The van der Waals surface area contributed by atoms with Gasteiger partial charge in [-0.1, -0.05) is 51.0 Å². The molecule has 0 radical (unpaired) electrons. The number of hydrogen-bond donors (Lipinski definition) is 0. The highest BCUT2D eigenvalue weighted by molar-refractivity contribution is 5.26.